The van der Waals surface area contributed by atoms with Gasteiger partial charge in [-0.3, -0.25) is 4.90 Å². The Morgan fingerprint density at radius 3 is 1.86 bits per heavy atom. The summed E-state index contributed by atoms with van der Waals surface area (Å²) in [6, 6.07) is 8.65. The predicted octanol–water partition coefficient (Wildman–Crippen LogP) is 2.40. The quantitative estimate of drug-likeness (QED) is 0.720. The summed E-state index contributed by atoms with van der Waals surface area (Å²) in [6.07, 6.45) is 0. The zero-order chi connectivity index (χ0) is 15.7. The molecular weight excluding hydrogens is 264 g/mol. The minimum atomic E-state index is 0.0138. The van der Waals surface area contributed by atoms with Crippen LogP contribution in [-0.4, -0.2) is 52.0 Å². The molecule has 1 atom stereocenters. The molecule has 4 heteroatoms. The van der Waals surface area contributed by atoms with E-state index < -0.39 is 0 Å². The summed E-state index contributed by atoms with van der Waals surface area (Å²) >= 11 is 0. The Balaban J connectivity index is 2.59. The molecule has 1 rings (SSSR count). The first-order valence-electron chi connectivity index (χ1n) is 7.64. The maximum Gasteiger partial charge on any atom is 0.0589 e. The summed E-state index contributed by atoms with van der Waals surface area (Å²) in [7, 11) is 3.44. The highest BCUT2D eigenvalue weighted by Gasteiger charge is 2.12. The maximum absolute atomic E-state index is 6.34. The average Bonchev–Trinajstić information content (AvgIpc) is 2.49. The van der Waals surface area contributed by atoms with E-state index in [0.717, 1.165) is 19.6 Å². The summed E-state index contributed by atoms with van der Waals surface area (Å²) in [5, 5.41) is 0. The van der Waals surface area contributed by atoms with Crippen LogP contribution in [0.2, 0.25) is 0 Å². The van der Waals surface area contributed by atoms with Crippen molar-refractivity contribution in [3.8, 4) is 0 Å². The van der Waals surface area contributed by atoms with Crippen LogP contribution in [0.4, 0.5) is 0 Å². The molecule has 2 N–H and O–H groups in total. The van der Waals surface area contributed by atoms with Gasteiger partial charge in [-0.15, -0.1) is 0 Å². The Labute approximate surface area is 129 Å². The Morgan fingerprint density at radius 1 is 0.952 bits per heavy atom. The minimum absolute atomic E-state index is 0.0138. The van der Waals surface area contributed by atoms with Crippen LogP contribution in [0.25, 0.3) is 0 Å². The number of benzene rings is 1. The summed E-state index contributed by atoms with van der Waals surface area (Å²) < 4.78 is 10.3. The second-order valence-electron chi connectivity index (χ2n) is 5.71. The van der Waals surface area contributed by atoms with E-state index in [1.165, 1.54) is 11.1 Å². The van der Waals surface area contributed by atoms with E-state index in [1.54, 1.807) is 14.2 Å². The van der Waals surface area contributed by atoms with Crippen LogP contribution >= 0.6 is 0 Å². The molecule has 0 bridgehead atoms. The summed E-state index contributed by atoms with van der Waals surface area (Å²) in [6.45, 7) is 8.38. The molecule has 0 spiro atoms. The van der Waals surface area contributed by atoms with Gasteiger partial charge in [-0.05, 0) is 17.0 Å². The van der Waals surface area contributed by atoms with Gasteiger partial charge in [-0.1, -0.05) is 38.1 Å². The lowest BCUT2D eigenvalue weighted by molar-refractivity contribution is 0.110. The van der Waals surface area contributed by atoms with Crippen molar-refractivity contribution in [1.82, 2.24) is 4.90 Å². The molecule has 120 valence electrons. The van der Waals surface area contributed by atoms with Gasteiger partial charge in [-0.25, -0.2) is 0 Å². The van der Waals surface area contributed by atoms with Crippen molar-refractivity contribution in [2.24, 2.45) is 5.73 Å². The topological polar surface area (TPSA) is 47.7 Å². The van der Waals surface area contributed by atoms with Crippen molar-refractivity contribution in [2.75, 3.05) is 47.1 Å². The summed E-state index contributed by atoms with van der Waals surface area (Å²) in [4.78, 5) is 2.29. The molecule has 1 unspecified atom stereocenters. The van der Waals surface area contributed by atoms with Crippen molar-refractivity contribution in [3.05, 3.63) is 35.4 Å². The van der Waals surface area contributed by atoms with Crippen LogP contribution in [0, 0.1) is 0 Å². The fraction of sp³-hybridized carbons (Fsp3) is 0.647. The molecule has 0 aliphatic carbocycles. The van der Waals surface area contributed by atoms with E-state index in [2.05, 4.69) is 43.0 Å². The number of hydrogen-bond donors (Lipinski definition) is 1. The third-order valence-electron chi connectivity index (χ3n) is 3.71. The lowest BCUT2D eigenvalue weighted by Gasteiger charge is -2.25. The van der Waals surface area contributed by atoms with Crippen molar-refractivity contribution in [3.63, 3.8) is 0 Å². The lowest BCUT2D eigenvalue weighted by Crippen LogP contribution is -2.36. The van der Waals surface area contributed by atoms with E-state index in [9.17, 15) is 0 Å². The van der Waals surface area contributed by atoms with Gasteiger partial charge in [0.1, 0.15) is 0 Å². The third kappa shape index (κ3) is 6.57. The molecule has 1 aromatic carbocycles. The van der Waals surface area contributed by atoms with Crippen molar-refractivity contribution < 1.29 is 9.47 Å². The van der Waals surface area contributed by atoms with Crippen LogP contribution in [-0.2, 0) is 9.47 Å². The largest absolute Gasteiger partial charge is 0.383 e. The first-order valence-corrected chi connectivity index (χ1v) is 7.64. The van der Waals surface area contributed by atoms with E-state index in [4.69, 9.17) is 15.2 Å². The maximum atomic E-state index is 6.34. The van der Waals surface area contributed by atoms with Gasteiger partial charge in [0.15, 0.2) is 0 Å². The Morgan fingerprint density at radius 2 is 1.43 bits per heavy atom. The highest BCUT2D eigenvalue weighted by atomic mass is 16.5. The van der Waals surface area contributed by atoms with Crippen LogP contribution in [0.15, 0.2) is 24.3 Å². The van der Waals surface area contributed by atoms with Crippen molar-refractivity contribution in [2.45, 2.75) is 25.8 Å². The first kappa shape index (κ1) is 18.1. The van der Waals surface area contributed by atoms with Crippen molar-refractivity contribution >= 4 is 0 Å². The van der Waals surface area contributed by atoms with Crippen LogP contribution < -0.4 is 5.73 Å². The highest BCUT2D eigenvalue weighted by molar-refractivity contribution is 5.26. The smallest absolute Gasteiger partial charge is 0.0589 e. The normalized spacial score (nSPS) is 13.1. The predicted molar refractivity (Wildman–Crippen MR) is 87.7 cm³/mol. The van der Waals surface area contributed by atoms with Gasteiger partial charge in [-0.2, -0.15) is 0 Å². The number of nitrogens with zero attached hydrogens (tertiary/aromatic N) is 1. The molecule has 1 aromatic rings. The fourth-order valence-corrected chi connectivity index (χ4v) is 2.25. The SMILES string of the molecule is COCCN(CCOC)CC(N)c1ccc(C(C)C)cc1. The van der Waals surface area contributed by atoms with Gasteiger partial charge in [0.25, 0.3) is 0 Å². The molecular formula is C17H30N2O2. The van der Waals surface area contributed by atoms with Gasteiger partial charge in [0, 0.05) is 39.9 Å². The molecule has 0 aliphatic rings. The standard InChI is InChI=1S/C17H30N2O2/c1-14(2)15-5-7-16(8-6-15)17(18)13-19(9-11-20-3)10-12-21-4/h5-8,14,17H,9-13,18H2,1-4H3. The number of nitrogens with two attached hydrogens (primary N) is 1. The molecule has 0 saturated heterocycles. The Hall–Kier alpha value is -0.940. The van der Waals surface area contributed by atoms with E-state index in [-0.39, 0.29) is 6.04 Å². The van der Waals surface area contributed by atoms with Gasteiger partial charge >= 0.3 is 0 Å². The molecule has 0 aliphatic heterocycles. The molecule has 21 heavy (non-hydrogen) atoms. The average molecular weight is 294 g/mol. The number of hydrogen-bond acceptors (Lipinski definition) is 4. The summed E-state index contributed by atoms with van der Waals surface area (Å²) in [5.41, 5.74) is 8.87. The second kappa shape index (κ2) is 9.90. The molecule has 0 aromatic heterocycles. The van der Waals surface area contributed by atoms with Gasteiger partial charge in [0.05, 0.1) is 13.2 Å². The lowest BCUT2D eigenvalue weighted by atomic mass is 9.99. The third-order valence-corrected chi connectivity index (χ3v) is 3.71. The van der Waals surface area contributed by atoms with Crippen LogP contribution in [0.5, 0.6) is 0 Å². The van der Waals surface area contributed by atoms with Crippen LogP contribution in [0.3, 0.4) is 0 Å². The zero-order valence-corrected chi connectivity index (χ0v) is 13.8. The first-order chi connectivity index (χ1) is 10.1. The molecule has 0 amide bonds. The van der Waals surface area contributed by atoms with E-state index in [0.29, 0.717) is 19.1 Å². The molecule has 0 saturated carbocycles. The van der Waals surface area contributed by atoms with E-state index >= 15 is 0 Å². The fourth-order valence-electron chi connectivity index (χ4n) is 2.25. The Kier molecular flexibility index (Phi) is 8.54. The second-order valence-corrected chi connectivity index (χ2v) is 5.71. The molecule has 4 nitrogen and oxygen atoms in total. The number of rotatable bonds is 10. The monoisotopic (exact) mass is 294 g/mol. The zero-order valence-electron chi connectivity index (χ0n) is 13.8. The summed E-state index contributed by atoms with van der Waals surface area (Å²) in [5.74, 6) is 0.551. The molecule has 0 heterocycles. The molecule has 0 radical (unpaired) electrons. The van der Waals surface area contributed by atoms with E-state index in [1.807, 2.05) is 0 Å². The minimum Gasteiger partial charge on any atom is -0.383 e. The Bertz CT molecular complexity index is 371. The van der Waals surface area contributed by atoms with Crippen molar-refractivity contribution in [1.29, 1.82) is 0 Å². The van der Waals surface area contributed by atoms with Gasteiger partial charge < -0.3 is 15.2 Å². The highest BCUT2D eigenvalue weighted by Crippen LogP contribution is 2.18. The molecule has 0 fully saturated rings. The van der Waals surface area contributed by atoms with Gasteiger partial charge in [0.2, 0.25) is 0 Å². The number of methoxy groups -OCH3 is 2. The van der Waals surface area contributed by atoms with Crippen LogP contribution in [0.1, 0.15) is 36.9 Å². The number of ether oxygens (including phenoxy) is 2.